The maximum Gasteiger partial charge on any atom is 0.354 e. The van der Waals surface area contributed by atoms with Crippen molar-refractivity contribution in [3.8, 4) is 5.75 Å². The number of hydrogen-bond donors (Lipinski definition) is 3. The number of para-hydroxylation sites is 1. The highest BCUT2D eigenvalue weighted by Crippen LogP contribution is 2.37. The Balaban J connectivity index is 1.62. The second-order valence-corrected chi connectivity index (χ2v) is 8.83. The lowest BCUT2D eigenvalue weighted by molar-refractivity contribution is -0.130. The molecule has 1 aliphatic heterocycles. The number of carboxylic acid groups (broad SMARTS) is 1. The molecule has 0 unspecified atom stereocenters. The third-order valence-electron chi connectivity index (χ3n) is 6.56. The number of carboxylic acids is 1. The van der Waals surface area contributed by atoms with Crippen molar-refractivity contribution in [1.29, 1.82) is 5.41 Å². The predicted molar refractivity (Wildman–Crippen MR) is 126 cm³/mol. The Morgan fingerprint density at radius 3 is 2.45 bits per heavy atom. The zero-order valence-electron chi connectivity index (χ0n) is 18.8. The zero-order chi connectivity index (χ0) is 23.4. The highest BCUT2D eigenvalue weighted by Gasteiger charge is 2.30. The van der Waals surface area contributed by atoms with Gasteiger partial charge in [0.25, 0.3) is 0 Å². The van der Waals surface area contributed by atoms with Gasteiger partial charge in [0.1, 0.15) is 11.6 Å². The van der Waals surface area contributed by atoms with E-state index in [-0.39, 0.29) is 23.4 Å². The number of benzene rings is 1. The molecule has 2 heterocycles. The molecule has 8 nitrogen and oxygen atoms in total. The number of nitrogens with zero attached hydrogens (tertiary/aromatic N) is 2. The summed E-state index contributed by atoms with van der Waals surface area (Å²) in [6.07, 6.45) is 4.63. The number of pyridine rings is 1. The Labute approximate surface area is 193 Å². The van der Waals surface area contributed by atoms with Crippen molar-refractivity contribution in [2.45, 2.75) is 39.0 Å². The van der Waals surface area contributed by atoms with Crippen LogP contribution in [0.1, 0.15) is 55.1 Å². The van der Waals surface area contributed by atoms with E-state index < -0.39 is 5.97 Å². The van der Waals surface area contributed by atoms with Crippen molar-refractivity contribution >= 4 is 29.1 Å². The third kappa shape index (κ3) is 5.32. The van der Waals surface area contributed by atoms with Gasteiger partial charge in [-0.3, -0.25) is 4.79 Å². The van der Waals surface area contributed by atoms with Crippen molar-refractivity contribution in [3.63, 3.8) is 0 Å². The SMILES string of the molecule is CC(=O)N1CCC(COc2cc(C(=O)O)nc(Nc3ccccc3)c2C(=N)C2CCC2)CC1. The number of aromatic carboxylic acids is 1. The van der Waals surface area contributed by atoms with Crippen LogP contribution in [0.4, 0.5) is 11.5 Å². The van der Waals surface area contributed by atoms with E-state index in [2.05, 4.69) is 10.3 Å². The monoisotopic (exact) mass is 450 g/mol. The van der Waals surface area contributed by atoms with Crippen LogP contribution in [0, 0.1) is 17.2 Å². The lowest BCUT2D eigenvalue weighted by Crippen LogP contribution is -2.38. The first kappa shape index (κ1) is 22.8. The summed E-state index contributed by atoms with van der Waals surface area (Å²) >= 11 is 0. The first-order valence-electron chi connectivity index (χ1n) is 11.5. The van der Waals surface area contributed by atoms with Gasteiger partial charge >= 0.3 is 5.97 Å². The smallest absolute Gasteiger partial charge is 0.354 e. The minimum absolute atomic E-state index is 0.0856. The molecule has 3 N–H and O–H groups in total. The summed E-state index contributed by atoms with van der Waals surface area (Å²) in [5.41, 5.74) is 1.61. The third-order valence-corrected chi connectivity index (χ3v) is 6.56. The molecule has 2 aliphatic rings. The number of nitrogens with one attached hydrogen (secondary N) is 2. The van der Waals surface area contributed by atoms with Gasteiger partial charge in [-0.1, -0.05) is 24.6 Å². The fraction of sp³-hybridized carbons (Fsp3) is 0.440. The van der Waals surface area contributed by atoms with E-state index in [0.29, 0.717) is 42.5 Å². The van der Waals surface area contributed by atoms with Gasteiger partial charge in [0.2, 0.25) is 5.91 Å². The minimum Gasteiger partial charge on any atom is -0.492 e. The predicted octanol–water partition coefficient (Wildman–Crippen LogP) is 4.33. The molecule has 33 heavy (non-hydrogen) atoms. The molecule has 0 radical (unpaired) electrons. The summed E-state index contributed by atoms with van der Waals surface area (Å²) in [6, 6.07) is 10.8. The standard InChI is InChI=1S/C25H30N4O4/c1-16(30)29-12-10-17(11-13-29)15-33-21-14-20(25(31)32)28-24(27-19-8-3-2-4-9-19)22(21)23(26)18-6-5-7-18/h2-4,8-9,14,17-18,26H,5-7,10-13,15H2,1H3,(H,27,28)(H,31,32). The number of amides is 1. The largest absolute Gasteiger partial charge is 0.492 e. The number of piperidine rings is 1. The van der Waals surface area contributed by atoms with E-state index in [1.54, 1.807) is 6.92 Å². The first-order chi connectivity index (χ1) is 15.9. The summed E-state index contributed by atoms with van der Waals surface area (Å²) in [4.78, 5) is 29.6. The summed E-state index contributed by atoms with van der Waals surface area (Å²) in [7, 11) is 0. The van der Waals surface area contributed by atoms with Crippen LogP contribution in [0.5, 0.6) is 5.75 Å². The minimum atomic E-state index is -1.15. The molecule has 2 fully saturated rings. The van der Waals surface area contributed by atoms with Crippen LogP contribution in [-0.2, 0) is 4.79 Å². The quantitative estimate of drug-likeness (QED) is 0.516. The molecular weight excluding hydrogens is 420 g/mol. The van der Waals surface area contributed by atoms with Crippen molar-refractivity contribution in [2.24, 2.45) is 11.8 Å². The van der Waals surface area contributed by atoms with Gasteiger partial charge in [-0.25, -0.2) is 9.78 Å². The average Bonchev–Trinajstić information content (AvgIpc) is 2.77. The van der Waals surface area contributed by atoms with Gasteiger partial charge in [0, 0.05) is 43.4 Å². The molecule has 8 heteroatoms. The van der Waals surface area contributed by atoms with E-state index in [1.807, 2.05) is 35.2 Å². The summed E-state index contributed by atoms with van der Waals surface area (Å²) in [5.74, 6) is 0.0410. The van der Waals surface area contributed by atoms with Crippen molar-refractivity contribution in [1.82, 2.24) is 9.88 Å². The van der Waals surface area contributed by atoms with Gasteiger partial charge < -0.3 is 25.5 Å². The summed E-state index contributed by atoms with van der Waals surface area (Å²) in [6.45, 7) is 3.39. The van der Waals surface area contributed by atoms with Crippen LogP contribution < -0.4 is 10.1 Å². The van der Waals surface area contributed by atoms with Crippen LogP contribution in [0.3, 0.4) is 0 Å². The molecule has 1 aromatic carbocycles. The Morgan fingerprint density at radius 1 is 1.18 bits per heavy atom. The molecule has 1 saturated carbocycles. The Morgan fingerprint density at radius 2 is 1.88 bits per heavy atom. The lowest BCUT2D eigenvalue weighted by Gasteiger charge is -2.32. The fourth-order valence-electron chi connectivity index (χ4n) is 4.28. The molecule has 1 aliphatic carbocycles. The normalized spacial score (nSPS) is 16.7. The van der Waals surface area contributed by atoms with E-state index in [9.17, 15) is 14.7 Å². The molecule has 0 bridgehead atoms. The molecule has 2 aromatic rings. The van der Waals surface area contributed by atoms with Crippen LogP contribution >= 0.6 is 0 Å². The van der Waals surface area contributed by atoms with Gasteiger partial charge in [0.05, 0.1) is 12.2 Å². The topological polar surface area (TPSA) is 116 Å². The number of ether oxygens (including phenoxy) is 1. The van der Waals surface area contributed by atoms with Crippen LogP contribution in [0.25, 0.3) is 0 Å². The first-order valence-corrected chi connectivity index (χ1v) is 11.5. The molecule has 0 atom stereocenters. The van der Waals surface area contributed by atoms with E-state index in [4.69, 9.17) is 10.1 Å². The van der Waals surface area contributed by atoms with Crippen LogP contribution in [0.2, 0.25) is 0 Å². The van der Waals surface area contributed by atoms with Crippen molar-refractivity contribution in [2.75, 3.05) is 25.0 Å². The highest BCUT2D eigenvalue weighted by atomic mass is 16.5. The average molecular weight is 451 g/mol. The van der Waals surface area contributed by atoms with Crippen LogP contribution in [0.15, 0.2) is 36.4 Å². The zero-order valence-corrected chi connectivity index (χ0v) is 18.8. The van der Waals surface area contributed by atoms with Crippen molar-refractivity contribution in [3.05, 3.63) is 47.7 Å². The van der Waals surface area contributed by atoms with Gasteiger partial charge in [-0.05, 0) is 43.7 Å². The molecule has 1 amide bonds. The maximum absolute atomic E-state index is 11.8. The number of likely N-dealkylation sites (tertiary alicyclic amines) is 1. The van der Waals surface area contributed by atoms with Gasteiger partial charge in [-0.15, -0.1) is 0 Å². The molecule has 1 aromatic heterocycles. The van der Waals surface area contributed by atoms with Crippen molar-refractivity contribution < 1.29 is 19.4 Å². The molecule has 0 spiro atoms. The van der Waals surface area contributed by atoms with E-state index in [1.165, 1.54) is 6.07 Å². The molecular formula is C25H30N4O4. The Kier molecular flexibility index (Phi) is 6.91. The Bertz CT molecular complexity index is 1030. The second-order valence-electron chi connectivity index (χ2n) is 8.83. The number of carbonyl (C=O) groups is 2. The lowest BCUT2D eigenvalue weighted by atomic mass is 9.79. The fourth-order valence-corrected chi connectivity index (χ4v) is 4.28. The number of anilines is 2. The number of carbonyl (C=O) groups excluding carboxylic acids is 1. The maximum atomic E-state index is 11.8. The molecule has 1 saturated heterocycles. The number of rotatable bonds is 8. The Hall–Kier alpha value is -3.42. The summed E-state index contributed by atoms with van der Waals surface area (Å²) < 4.78 is 6.19. The van der Waals surface area contributed by atoms with Crippen LogP contribution in [-0.4, -0.2) is 52.3 Å². The second kappa shape index (κ2) is 10.0. The van der Waals surface area contributed by atoms with E-state index >= 15 is 0 Å². The molecule has 4 rings (SSSR count). The number of hydrogen-bond acceptors (Lipinski definition) is 6. The molecule has 174 valence electrons. The summed E-state index contributed by atoms with van der Waals surface area (Å²) in [5, 5.41) is 21.7. The number of aromatic nitrogens is 1. The van der Waals surface area contributed by atoms with Gasteiger partial charge in [-0.2, -0.15) is 0 Å². The van der Waals surface area contributed by atoms with Gasteiger partial charge in [0.15, 0.2) is 5.69 Å². The van der Waals surface area contributed by atoms with E-state index in [0.717, 1.165) is 37.8 Å². The highest BCUT2D eigenvalue weighted by molar-refractivity contribution is 6.07.